The Balaban J connectivity index is 2.20. The monoisotopic (exact) mass is 414 g/mol. The third kappa shape index (κ3) is 4.10. The zero-order chi connectivity index (χ0) is 21.3. The van der Waals surface area contributed by atoms with Gasteiger partial charge in [-0.3, -0.25) is 4.79 Å². The molecule has 0 saturated carbocycles. The maximum absolute atomic E-state index is 12.4. The summed E-state index contributed by atoms with van der Waals surface area (Å²) in [5.41, 5.74) is 4.16. The van der Waals surface area contributed by atoms with Crippen LogP contribution in [0.3, 0.4) is 0 Å². The normalized spacial score (nSPS) is 12.1. The molecule has 0 fully saturated rings. The van der Waals surface area contributed by atoms with Gasteiger partial charge >= 0.3 is 5.97 Å². The second kappa shape index (κ2) is 8.21. The number of benzene rings is 1. The highest BCUT2D eigenvalue weighted by molar-refractivity contribution is 6.32. The molecule has 8 heteroatoms. The van der Waals surface area contributed by atoms with Crippen molar-refractivity contribution in [3.8, 4) is 5.82 Å². The third-order valence-electron chi connectivity index (χ3n) is 4.53. The van der Waals surface area contributed by atoms with Crippen LogP contribution in [0.25, 0.3) is 16.7 Å². The maximum atomic E-state index is 12.4. The second-order valence-electron chi connectivity index (χ2n) is 6.92. The number of carbonyl (C=O) groups excluding carboxylic acids is 2. The fraction of sp³-hybridized carbons (Fsp3) is 0.333. The SMILES string of the molecule is CCOC(=O)c1cnn(-c2cc(C)c3cc(C)cc(C)c3n2)c1NC(=O)C(C)Cl. The molecule has 0 spiro atoms. The van der Waals surface area contributed by atoms with E-state index in [9.17, 15) is 9.59 Å². The van der Waals surface area contributed by atoms with Gasteiger partial charge in [0.25, 0.3) is 0 Å². The van der Waals surface area contributed by atoms with Gasteiger partial charge in [0.05, 0.1) is 18.3 Å². The number of hydrogen-bond donors (Lipinski definition) is 1. The van der Waals surface area contributed by atoms with Gasteiger partial charge in [0.1, 0.15) is 10.9 Å². The summed E-state index contributed by atoms with van der Waals surface area (Å²) in [6.45, 7) is 9.49. The minimum atomic E-state index is -0.787. The predicted octanol–water partition coefficient (Wildman–Crippen LogP) is 4.09. The number of nitrogens with one attached hydrogen (secondary N) is 1. The molecule has 1 aromatic carbocycles. The van der Waals surface area contributed by atoms with Gasteiger partial charge < -0.3 is 10.1 Å². The highest BCUT2D eigenvalue weighted by atomic mass is 35.5. The van der Waals surface area contributed by atoms with Gasteiger partial charge in [0, 0.05) is 5.39 Å². The molecule has 0 radical (unpaired) electrons. The molecular weight excluding hydrogens is 392 g/mol. The minimum Gasteiger partial charge on any atom is -0.462 e. The summed E-state index contributed by atoms with van der Waals surface area (Å²) in [6, 6.07) is 6.01. The molecule has 0 aliphatic carbocycles. The smallest absolute Gasteiger partial charge is 0.343 e. The van der Waals surface area contributed by atoms with Crippen molar-refractivity contribution in [2.75, 3.05) is 11.9 Å². The van der Waals surface area contributed by atoms with Crippen molar-refractivity contribution in [3.05, 3.63) is 46.6 Å². The molecule has 29 heavy (non-hydrogen) atoms. The van der Waals surface area contributed by atoms with Crippen molar-refractivity contribution in [2.24, 2.45) is 0 Å². The highest BCUT2D eigenvalue weighted by Gasteiger charge is 2.24. The van der Waals surface area contributed by atoms with E-state index < -0.39 is 17.3 Å². The molecule has 1 amide bonds. The van der Waals surface area contributed by atoms with Gasteiger partial charge in [0.15, 0.2) is 11.6 Å². The van der Waals surface area contributed by atoms with Crippen molar-refractivity contribution in [1.82, 2.24) is 14.8 Å². The Morgan fingerprint density at radius 3 is 2.59 bits per heavy atom. The summed E-state index contributed by atoms with van der Waals surface area (Å²) in [4.78, 5) is 29.3. The molecule has 2 heterocycles. The topological polar surface area (TPSA) is 86.1 Å². The Morgan fingerprint density at radius 2 is 1.93 bits per heavy atom. The number of alkyl halides is 1. The number of nitrogens with zero attached hydrogens (tertiary/aromatic N) is 3. The van der Waals surface area contributed by atoms with E-state index in [1.54, 1.807) is 13.8 Å². The number of aromatic nitrogens is 3. The van der Waals surface area contributed by atoms with Crippen LogP contribution in [0.15, 0.2) is 24.4 Å². The average Bonchev–Trinajstić information content (AvgIpc) is 3.06. The average molecular weight is 415 g/mol. The molecule has 1 unspecified atom stereocenters. The number of pyridine rings is 1. The number of ether oxygens (including phenoxy) is 1. The fourth-order valence-electron chi connectivity index (χ4n) is 3.15. The largest absolute Gasteiger partial charge is 0.462 e. The number of amides is 1. The summed E-state index contributed by atoms with van der Waals surface area (Å²) in [5, 5.41) is 7.23. The lowest BCUT2D eigenvalue weighted by molar-refractivity contribution is -0.115. The van der Waals surface area contributed by atoms with E-state index in [1.807, 2.05) is 26.8 Å². The van der Waals surface area contributed by atoms with E-state index >= 15 is 0 Å². The first-order valence-electron chi connectivity index (χ1n) is 9.32. The Morgan fingerprint density at radius 1 is 1.21 bits per heavy atom. The van der Waals surface area contributed by atoms with Gasteiger partial charge in [-0.2, -0.15) is 9.78 Å². The fourth-order valence-corrected chi connectivity index (χ4v) is 3.21. The van der Waals surface area contributed by atoms with Gasteiger partial charge in [-0.05, 0) is 57.9 Å². The van der Waals surface area contributed by atoms with Crippen molar-refractivity contribution < 1.29 is 14.3 Å². The second-order valence-corrected chi connectivity index (χ2v) is 7.57. The molecule has 1 atom stereocenters. The Bertz CT molecular complexity index is 1100. The minimum absolute atomic E-state index is 0.137. The van der Waals surface area contributed by atoms with Gasteiger partial charge in [-0.25, -0.2) is 9.78 Å². The molecule has 2 aromatic heterocycles. The summed E-state index contributed by atoms with van der Waals surface area (Å²) in [5.74, 6) is -0.379. The van der Waals surface area contributed by atoms with Crippen molar-refractivity contribution in [2.45, 2.75) is 40.0 Å². The van der Waals surface area contributed by atoms with E-state index in [4.69, 9.17) is 21.3 Å². The highest BCUT2D eigenvalue weighted by Crippen LogP contribution is 2.27. The zero-order valence-corrected chi connectivity index (χ0v) is 17.8. The molecule has 0 saturated heterocycles. The molecule has 0 aliphatic heterocycles. The summed E-state index contributed by atoms with van der Waals surface area (Å²) in [6.07, 6.45) is 1.36. The van der Waals surface area contributed by atoms with Crippen LogP contribution in [0.1, 0.15) is 40.9 Å². The Kier molecular flexibility index (Phi) is 5.88. The molecule has 3 rings (SSSR count). The van der Waals surface area contributed by atoms with Gasteiger partial charge in [-0.15, -0.1) is 11.6 Å². The van der Waals surface area contributed by atoms with Crippen LogP contribution in [-0.4, -0.2) is 38.6 Å². The lowest BCUT2D eigenvalue weighted by Crippen LogP contribution is -2.24. The number of aryl methyl sites for hydroxylation is 3. The standard InChI is InChI=1S/C21H23ClN4O3/c1-6-29-21(28)16-10-23-26(19(16)25-20(27)14(5)22)17-9-12(3)15-8-11(2)7-13(4)18(15)24-17/h7-10,14H,6H2,1-5H3,(H,25,27). The maximum Gasteiger partial charge on any atom is 0.343 e. The molecule has 7 nitrogen and oxygen atoms in total. The Labute approximate surface area is 174 Å². The number of rotatable bonds is 5. The lowest BCUT2D eigenvalue weighted by atomic mass is 10.0. The van der Waals surface area contributed by atoms with E-state index in [0.717, 1.165) is 27.6 Å². The van der Waals surface area contributed by atoms with Crippen LogP contribution in [0.2, 0.25) is 0 Å². The molecule has 152 valence electrons. The van der Waals surface area contributed by atoms with Crippen LogP contribution in [-0.2, 0) is 9.53 Å². The van der Waals surface area contributed by atoms with E-state index in [0.29, 0.717) is 5.82 Å². The number of anilines is 1. The first kappa shape index (κ1) is 20.8. The first-order chi connectivity index (χ1) is 13.7. The van der Waals surface area contributed by atoms with Crippen molar-refractivity contribution >= 4 is 40.2 Å². The number of halogens is 1. The first-order valence-corrected chi connectivity index (χ1v) is 9.75. The quantitative estimate of drug-likeness (QED) is 0.502. The van der Waals surface area contributed by atoms with Crippen LogP contribution in [0.4, 0.5) is 5.82 Å². The number of hydrogen-bond acceptors (Lipinski definition) is 5. The molecule has 1 N–H and O–H groups in total. The molecule has 0 bridgehead atoms. The van der Waals surface area contributed by atoms with Crippen LogP contribution >= 0.6 is 11.6 Å². The molecule has 0 aliphatic rings. The lowest BCUT2D eigenvalue weighted by Gasteiger charge is -2.14. The molecular formula is C21H23ClN4O3. The van der Waals surface area contributed by atoms with Gasteiger partial charge in [-0.1, -0.05) is 11.6 Å². The molecule has 3 aromatic rings. The summed E-state index contributed by atoms with van der Waals surface area (Å²) < 4.78 is 6.51. The number of carbonyl (C=O) groups is 2. The summed E-state index contributed by atoms with van der Waals surface area (Å²) in [7, 11) is 0. The predicted molar refractivity (Wildman–Crippen MR) is 113 cm³/mol. The van der Waals surface area contributed by atoms with Crippen LogP contribution < -0.4 is 5.32 Å². The van der Waals surface area contributed by atoms with Crippen molar-refractivity contribution in [3.63, 3.8) is 0 Å². The van der Waals surface area contributed by atoms with E-state index in [1.165, 1.54) is 10.9 Å². The van der Waals surface area contributed by atoms with Gasteiger partial charge in [0.2, 0.25) is 5.91 Å². The van der Waals surface area contributed by atoms with E-state index in [-0.39, 0.29) is 18.0 Å². The van der Waals surface area contributed by atoms with Crippen molar-refractivity contribution in [1.29, 1.82) is 0 Å². The Hall–Kier alpha value is -2.93. The van der Waals surface area contributed by atoms with E-state index in [2.05, 4.69) is 22.5 Å². The summed E-state index contributed by atoms with van der Waals surface area (Å²) >= 11 is 5.90. The number of fused-ring (bicyclic) bond motifs is 1. The third-order valence-corrected chi connectivity index (χ3v) is 4.72. The zero-order valence-electron chi connectivity index (χ0n) is 17.0. The van der Waals surface area contributed by atoms with Crippen LogP contribution in [0.5, 0.6) is 0 Å². The van der Waals surface area contributed by atoms with Crippen LogP contribution in [0, 0.1) is 20.8 Å². The number of esters is 1.